The van der Waals surface area contributed by atoms with E-state index >= 15 is 0 Å². The van der Waals surface area contributed by atoms with Crippen molar-refractivity contribution in [1.82, 2.24) is 24.1 Å². The normalized spacial score (nSPS) is 15.7. The Bertz CT molecular complexity index is 1040. The van der Waals surface area contributed by atoms with Gasteiger partial charge in [-0.2, -0.15) is 5.10 Å². The molecule has 29 heavy (non-hydrogen) atoms. The first-order valence-electron chi connectivity index (χ1n) is 9.59. The SMILES string of the molecule is Cn1c(-c2ccccc2F)nn(CN2CCN(Cc3ccc(Cl)cc3)CC2)c1=S. The van der Waals surface area contributed by atoms with Crippen LogP contribution < -0.4 is 0 Å². The zero-order chi connectivity index (χ0) is 20.4. The molecule has 1 aliphatic heterocycles. The molecule has 5 nitrogen and oxygen atoms in total. The Kier molecular flexibility index (Phi) is 6.10. The van der Waals surface area contributed by atoms with Gasteiger partial charge in [-0.3, -0.25) is 9.80 Å². The summed E-state index contributed by atoms with van der Waals surface area (Å²) in [4.78, 5) is 4.76. The summed E-state index contributed by atoms with van der Waals surface area (Å²) in [6.45, 7) is 5.34. The molecule has 1 aliphatic rings. The Morgan fingerprint density at radius 3 is 2.34 bits per heavy atom. The summed E-state index contributed by atoms with van der Waals surface area (Å²) in [5.74, 6) is 0.257. The standard InChI is InChI=1S/C21H23ClFN5S/c1-25-20(18-4-2-3-5-19(18)23)24-28(21(25)29)15-27-12-10-26(11-13-27)14-16-6-8-17(22)9-7-16/h2-9H,10-15H2,1H3. The topological polar surface area (TPSA) is 29.2 Å². The second kappa shape index (κ2) is 8.75. The Hall–Kier alpha value is -2.06. The van der Waals surface area contributed by atoms with Gasteiger partial charge in [-0.25, -0.2) is 9.07 Å². The number of aromatic nitrogens is 3. The van der Waals surface area contributed by atoms with Crippen LogP contribution in [0.5, 0.6) is 0 Å². The summed E-state index contributed by atoms with van der Waals surface area (Å²) in [6, 6.07) is 14.7. The van der Waals surface area contributed by atoms with Crippen molar-refractivity contribution in [2.75, 3.05) is 26.2 Å². The van der Waals surface area contributed by atoms with Crippen LogP contribution in [0.3, 0.4) is 0 Å². The first kappa shape index (κ1) is 20.2. The van der Waals surface area contributed by atoms with Crippen LogP contribution >= 0.6 is 23.8 Å². The first-order valence-corrected chi connectivity index (χ1v) is 10.4. The monoisotopic (exact) mass is 431 g/mol. The fourth-order valence-electron chi connectivity index (χ4n) is 3.58. The predicted octanol–water partition coefficient (Wildman–Crippen LogP) is 4.19. The van der Waals surface area contributed by atoms with E-state index in [1.165, 1.54) is 11.6 Å². The lowest BCUT2D eigenvalue weighted by Crippen LogP contribution is -2.46. The van der Waals surface area contributed by atoms with Crippen LogP contribution in [0.4, 0.5) is 4.39 Å². The lowest BCUT2D eigenvalue weighted by Gasteiger charge is -2.34. The third-order valence-electron chi connectivity index (χ3n) is 5.27. The Morgan fingerprint density at radius 1 is 1.00 bits per heavy atom. The molecule has 1 fully saturated rings. The second-order valence-corrected chi connectivity index (χ2v) is 8.11. The van der Waals surface area contributed by atoms with Crippen molar-refractivity contribution in [2.24, 2.45) is 7.05 Å². The zero-order valence-corrected chi connectivity index (χ0v) is 17.8. The van der Waals surface area contributed by atoms with Crippen LogP contribution in [0.2, 0.25) is 5.02 Å². The number of benzene rings is 2. The number of hydrogen-bond donors (Lipinski definition) is 0. The Morgan fingerprint density at radius 2 is 1.66 bits per heavy atom. The van der Waals surface area contributed by atoms with E-state index in [-0.39, 0.29) is 5.82 Å². The lowest BCUT2D eigenvalue weighted by molar-refractivity contribution is 0.0981. The summed E-state index contributed by atoms with van der Waals surface area (Å²) < 4.78 is 18.3. The van der Waals surface area contributed by atoms with Gasteiger partial charge in [0.2, 0.25) is 0 Å². The molecule has 0 saturated carbocycles. The predicted molar refractivity (Wildman–Crippen MR) is 116 cm³/mol. The van der Waals surface area contributed by atoms with Crippen molar-refractivity contribution in [1.29, 1.82) is 0 Å². The van der Waals surface area contributed by atoms with Crippen LogP contribution in [-0.4, -0.2) is 50.3 Å². The maximum Gasteiger partial charge on any atom is 0.199 e. The Labute approximate surface area is 179 Å². The highest BCUT2D eigenvalue weighted by molar-refractivity contribution is 7.71. The van der Waals surface area contributed by atoms with Crippen molar-refractivity contribution in [3.63, 3.8) is 0 Å². The maximum absolute atomic E-state index is 14.2. The third-order valence-corrected chi connectivity index (χ3v) is 6.01. The molecule has 2 aromatic carbocycles. The minimum atomic E-state index is -0.293. The zero-order valence-electron chi connectivity index (χ0n) is 16.3. The lowest BCUT2D eigenvalue weighted by atomic mass is 10.2. The van der Waals surface area contributed by atoms with E-state index in [1.807, 2.05) is 19.2 Å². The van der Waals surface area contributed by atoms with Crippen molar-refractivity contribution in [3.8, 4) is 11.4 Å². The molecule has 0 aliphatic carbocycles. The fourth-order valence-corrected chi connectivity index (χ4v) is 3.89. The molecular formula is C21H23ClFN5S. The van der Waals surface area contributed by atoms with Crippen molar-refractivity contribution >= 4 is 23.8 Å². The van der Waals surface area contributed by atoms with E-state index in [9.17, 15) is 4.39 Å². The molecule has 152 valence electrons. The number of halogens is 2. The molecule has 0 spiro atoms. The quantitative estimate of drug-likeness (QED) is 0.566. The van der Waals surface area contributed by atoms with E-state index < -0.39 is 0 Å². The molecule has 0 bridgehead atoms. The van der Waals surface area contributed by atoms with Gasteiger partial charge < -0.3 is 4.57 Å². The van der Waals surface area contributed by atoms with E-state index in [2.05, 4.69) is 27.0 Å². The van der Waals surface area contributed by atoms with Crippen LogP contribution in [0.25, 0.3) is 11.4 Å². The third kappa shape index (κ3) is 4.59. The highest BCUT2D eigenvalue weighted by Crippen LogP contribution is 2.21. The average molecular weight is 432 g/mol. The molecule has 0 radical (unpaired) electrons. The summed E-state index contributed by atoms with van der Waals surface area (Å²) in [5, 5.41) is 5.36. The van der Waals surface area contributed by atoms with Gasteiger partial charge in [-0.1, -0.05) is 35.9 Å². The molecule has 1 saturated heterocycles. The van der Waals surface area contributed by atoms with Gasteiger partial charge >= 0.3 is 0 Å². The molecule has 3 aromatic rings. The minimum Gasteiger partial charge on any atom is -0.303 e. The van der Waals surface area contributed by atoms with E-state index in [0.717, 1.165) is 37.7 Å². The fraction of sp³-hybridized carbons (Fsp3) is 0.333. The smallest absolute Gasteiger partial charge is 0.199 e. The molecule has 0 atom stereocenters. The molecule has 1 aromatic heterocycles. The van der Waals surface area contributed by atoms with Gasteiger partial charge in [-0.15, -0.1) is 0 Å². The number of hydrogen-bond acceptors (Lipinski definition) is 4. The number of piperazine rings is 1. The van der Waals surface area contributed by atoms with Gasteiger partial charge in [0.15, 0.2) is 10.6 Å². The molecule has 0 unspecified atom stereocenters. The van der Waals surface area contributed by atoms with Crippen LogP contribution in [-0.2, 0) is 20.3 Å². The maximum atomic E-state index is 14.2. The Balaban J connectivity index is 1.40. The number of rotatable bonds is 5. The van der Waals surface area contributed by atoms with Gasteiger partial charge in [0, 0.05) is 44.8 Å². The number of nitrogens with zero attached hydrogens (tertiary/aromatic N) is 5. The van der Waals surface area contributed by atoms with Crippen molar-refractivity contribution < 1.29 is 4.39 Å². The summed E-state index contributed by atoms with van der Waals surface area (Å²) in [5.41, 5.74) is 1.73. The molecular weight excluding hydrogens is 409 g/mol. The highest BCUT2D eigenvalue weighted by Gasteiger charge is 2.19. The van der Waals surface area contributed by atoms with Crippen LogP contribution in [0.15, 0.2) is 48.5 Å². The summed E-state index contributed by atoms with van der Waals surface area (Å²) >= 11 is 11.5. The van der Waals surface area contributed by atoms with E-state index in [0.29, 0.717) is 22.8 Å². The minimum absolute atomic E-state index is 0.293. The van der Waals surface area contributed by atoms with Crippen molar-refractivity contribution in [2.45, 2.75) is 13.2 Å². The van der Waals surface area contributed by atoms with Crippen LogP contribution in [0, 0.1) is 10.6 Å². The van der Waals surface area contributed by atoms with Crippen LogP contribution in [0.1, 0.15) is 5.56 Å². The second-order valence-electron chi connectivity index (χ2n) is 7.31. The average Bonchev–Trinajstić information content (AvgIpc) is 3.00. The van der Waals surface area contributed by atoms with Crippen molar-refractivity contribution in [3.05, 3.63) is 69.7 Å². The molecule has 0 amide bonds. The molecule has 2 heterocycles. The molecule has 4 rings (SSSR count). The van der Waals surface area contributed by atoms with E-state index in [1.54, 1.807) is 27.4 Å². The molecule has 8 heteroatoms. The highest BCUT2D eigenvalue weighted by atomic mass is 35.5. The van der Waals surface area contributed by atoms with Gasteiger partial charge in [0.05, 0.1) is 12.2 Å². The largest absolute Gasteiger partial charge is 0.303 e. The first-order chi connectivity index (χ1) is 14.0. The summed E-state index contributed by atoms with van der Waals surface area (Å²) in [7, 11) is 1.83. The van der Waals surface area contributed by atoms with Gasteiger partial charge in [-0.05, 0) is 42.0 Å². The van der Waals surface area contributed by atoms with Gasteiger partial charge in [0.25, 0.3) is 0 Å². The van der Waals surface area contributed by atoms with Gasteiger partial charge in [0.1, 0.15) is 5.82 Å². The summed E-state index contributed by atoms with van der Waals surface area (Å²) in [6.07, 6.45) is 0. The van der Waals surface area contributed by atoms with E-state index in [4.69, 9.17) is 23.8 Å². The molecule has 0 N–H and O–H groups in total.